The highest BCUT2D eigenvalue weighted by Crippen LogP contribution is 2.37. The van der Waals surface area contributed by atoms with Crippen LogP contribution in [0.15, 0.2) is 150 Å². The van der Waals surface area contributed by atoms with Gasteiger partial charge in [-0.2, -0.15) is 0 Å². The van der Waals surface area contributed by atoms with Crippen LogP contribution in [0.3, 0.4) is 0 Å². The van der Waals surface area contributed by atoms with Crippen LogP contribution in [0.2, 0.25) is 0 Å². The van der Waals surface area contributed by atoms with E-state index in [1.165, 1.54) is 10.8 Å². The maximum atomic E-state index is 6.40. The molecule has 0 aliphatic carbocycles. The highest BCUT2D eigenvalue weighted by Gasteiger charge is 2.17. The normalized spacial score (nSPS) is 11.8. The van der Waals surface area contributed by atoms with E-state index in [0.717, 1.165) is 71.1 Å². The number of pyridine rings is 1. The maximum absolute atomic E-state index is 6.40. The Balaban J connectivity index is 1.19. The third kappa shape index (κ3) is 4.10. The summed E-state index contributed by atoms with van der Waals surface area (Å²) in [5.74, 6) is 1.81. The van der Waals surface area contributed by atoms with Gasteiger partial charge in [0, 0.05) is 44.4 Å². The summed E-state index contributed by atoms with van der Waals surface area (Å²) in [6.07, 6.45) is 1.86. The second kappa shape index (κ2) is 10.0. The molecule has 0 spiro atoms. The Bertz CT molecular complexity index is 2850. The van der Waals surface area contributed by atoms with E-state index >= 15 is 0 Å². The first kappa shape index (κ1) is 25.8. The van der Waals surface area contributed by atoms with Crippen LogP contribution in [0.25, 0.3) is 99.3 Å². The molecule has 0 unspecified atom stereocenters. The SMILES string of the molecule is c1ccc(-c2nc(-c3ccc4c(c3)oc3ccc5ccccc5c34)nc(-c3ccc4ccc5ccc6cccnc6c5c4c3)n2)cc1. The van der Waals surface area contributed by atoms with Gasteiger partial charge in [-0.05, 0) is 57.3 Å². The minimum Gasteiger partial charge on any atom is -0.456 e. The van der Waals surface area contributed by atoms with E-state index in [1.807, 2.05) is 54.7 Å². The van der Waals surface area contributed by atoms with Gasteiger partial charge >= 0.3 is 0 Å². The van der Waals surface area contributed by atoms with Crippen molar-refractivity contribution in [2.75, 3.05) is 0 Å². The molecule has 0 fully saturated rings. The molecule has 3 aromatic heterocycles. The van der Waals surface area contributed by atoms with Gasteiger partial charge in [0.25, 0.3) is 0 Å². The second-order valence-corrected chi connectivity index (χ2v) is 11.9. The molecule has 0 radical (unpaired) electrons. The van der Waals surface area contributed by atoms with Gasteiger partial charge in [-0.25, -0.2) is 15.0 Å². The van der Waals surface area contributed by atoms with Gasteiger partial charge in [-0.1, -0.05) is 109 Å². The molecule has 10 aromatic rings. The topological polar surface area (TPSA) is 64.7 Å². The first-order chi connectivity index (χ1) is 23.3. The zero-order valence-corrected chi connectivity index (χ0v) is 25.1. The van der Waals surface area contributed by atoms with E-state index < -0.39 is 0 Å². The molecule has 0 amide bonds. The minimum atomic E-state index is 0.589. The van der Waals surface area contributed by atoms with Crippen LogP contribution in [-0.4, -0.2) is 19.9 Å². The van der Waals surface area contributed by atoms with Gasteiger partial charge in [0.15, 0.2) is 17.5 Å². The van der Waals surface area contributed by atoms with Crippen LogP contribution < -0.4 is 0 Å². The van der Waals surface area contributed by atoms with E-state index in [2.05, 4.69) is 91.0 Å². The second-order valence-electron chi connectivity index (χ2n) is 11.9. The lowest BCUT2D eigenvalue weighted by molar-refractivity contribution is 0.669. The van der Waals surface area contributed by atoms with Gasteiger partial charge in [0.05, 0.1) is 5.52 Å². The monoisotopic (exact) mass is 600 g/mol. The molecule has 7 aromatic carbocycles. The number of benzene rings is 7. The quantitative estimate of drug-likeness (QED) is 0.189. The average molecular weight is 601 g/mol. The molecule has 10 rings (SSSR count). The van der Waals surface area contributed by atoms with Crippen molar-refractivity contribution in [1.82, 2.24) is 19.9 Å². The highest BCUT2D eigenvalue weighted by atomic mass is 16.3. The van der Waals surface area contributed by atoms with Crippen LogP contribution in [-0.2, 0) is 0 Å². The predicted molar refractivity (Wildman–Crippen MR) is 191 cm³/mol. The largest absolute Gasteiger partial charge is 0.456 e. The van der Waals surface area contributed by atoms with Crippen LogP contribution in [0.5, 0.6) is 0 Å². The van der Waals surface area contributed by atoms with Crippen molar-refractivity contribution in [3.8, 4) is 34.2 Å². The standard InChI is InChI=1S/C42H24N4O/c1-2-8-29(9-3-1)40-44-41(30-17-13-26-12-14-27-15-16-28-10-6-22-43-39(28)37(27)34(26)23-30)46-42(45-40)31-18-20-33-36(24-31)47-35-21-19-25-7-4-5-11-32(25)38(33)35/h1-24H. The summed E-state index contributed by atoms with van der Waals surface area (Å²) in [6, 6.07) is 48.0. The van der Waals surface area contributed by atoms with Crippen molar-refractivity contribution in [2.45, 2.75) is 0 Å². The molecule has 0 atom stereocenters. The maximum Gasteiger partial charge on any atom is 0.164 e. The first-order valence-corrected chi connectivity index (χ1v) is 15.6. The summed E-state index contributed by atoms with van der Waals surface area (Å²) < 4.78 is 6.40. The summed E-state index contributed by atoms with van der Waals surface area (Å²) in [7, 11) is 0. The summed E-state index contributed by atoms with van der Waals surface area (Å²) in [4.78, 5) is 19.9. The lowest BCUT2D eigenvalue weighted by Gasteiger charge is -2.11. The number of fused-ring (bicyclic) bond motifs is 10. The van der Waals surface area contributed by atoms with Crippen LogP contribution >= 0.6 is 0 Å². The summed E-state index contributed by atoms with van der Waals surface area (Å²) in [6.45, 7) is 0. The lowest BCUT2D eigenvalue weighted by Crippen LogP contribution is -2.00. The first-order valence-electron chi connectivity index (χ1n) is 15.6. The number of hydrogen-bond acceptors (Lipinski definition) is 5. The Kier molecular flexibility index (Phi) is 5.51. The number of aromatic nitrogens is 4. The lowest BCUT2D eigenvalue weighted by atomic mass is 9.97. The zero-order chi connectivity index (χ0) is 30.9. The fourth-order valence-corrected chi connectivity index (χ4v) is 6.86. The molecule has 0 N–H and O–H groups in total. The van der Waals surface area contributed by atoms with Gasteiger partial charge in [-0.15, -0.1) is 0 Å². The zero-order valence-electron chi connectivity index (χ0n) is 25.1. The van der Waals surface area contributed by atoms with Gasteiger partial charge < -0.3 is 4.42 Å². The Morgan fingerprint density at radius 1 is 0.383 bits per heavy atom. The molecule has 0 saturated heterocycles. The van der Waals surface area contributed by atoms with Crippen LogP contribution in [0, 0.1) is 0 Å². The average Bonchev–Trinajstić information content (AvgIpc) is 3.53. The van der Waals surface area contributed by atoms with E-state index in [0.29, 0.717) is 17.5 Å². The van der Waals surface area contributed by atoms with E-state index in [9.17, 15) is 0 Å². The summed E-state index contributed by atoms with van der Waals surface area (Å²) in [5, 5.41) is 10.2. The molecule has 0 aliphatic rings. The van der Waals surface area contributed by atoms with Crippen molar-refractivity contribution in [2.24, 2.45) is 0 Å². The van der Waals surface area contributed by atoms with Crippen LogP contribution in [0.1, 0.15) is 0 Å². The molecule has 218 valence electrons. The van der Waals surface area contributed by atoms with Crippen molar-refractivity contribution >= 4 is 65.2 Å². The summed E-state index contributed by atoms with van der Waals surface area (Å²) in [5.41, 5.74) is 5.35. The molecule has 5 nitrogen and oxygen atoms in total. The summed E-state index contributed by atoms with van der Waals surface area (Å²) >= 11 is 0. The minimum absolute atomic E-state index is 0.589. The smallest absolute Gasteiger partial charge is 0.164 e. The van der Waals surface area contributed by atoms with E-state index in [1.54, 1.807) is 0 Å². The molecule has 3 heterocycles. The number of furan rings is 1. The van der Waals surface area contributed by atoms with Crippen molar-refractivity contribution in [3.63, 3.8) is 0 Å². The van der Waals surface area contributed by atoms with Crippen molar-refractivity contribution in [3.05, 3.63) is 146 Å². The van der Waals surface area contributed by atoms with Gasteiger partial charge in [0.2, 0.25) is 0 Å². The number of hydrogen-bond donors (Lipinski definition) is 0. The predicted octanol–water partition coefficient (Wildman–Crippen LogP) is 10.8. The number of nitrogens with zero attached hydrogens (tertiary/aromatic N) is 4. The highest BCUT2D eigenvalue weighted by molar-refractivity contribution is 6.20. The molecule has 5 heteroatoms. The van der Waals surface area contributed by atoms with Gasteiger partial charge in [-0.3, -0.25) is 4.98 Å². The van der Waals surface area contributed by atoms with E-state index in [4.69, 9.17) is 24.4 Å². The molecule has 47 heavy (non-hydrogen) atoms. The molecule has 0 bridgehead atoms. The fourth-order valence-electron chi connectivity index (χ4n) is 6.86. The molecular formula is C42H24N4O. The molecule has 0 saturated carbocycles. The molecule has 0 aliphatic heterocycles. The Morgan fingerprint density at radius 3 is 1.89 bits per heavy atom. The van der Waals surface area contributed by atoms with Crippen molar-refractivity contribution < 1.29 is 4.42 Å². The third-order valence-electron chi connectivity index (χ3n) is 9.12. The molecular weight excluding hydrogens is 576 g/mol. The fraction of sp³-hybridized carbons (Fsp3) is 0. The van der Waals surface area contributed by atoms with Crippen molar-refractivity contribution in [1.29, 1.82) is 0 Å². The Morgan fingerprint density at radius 2 is 1.02 bits per heavy atom. The van der Waals surface area contributed by atoms with Crippen LogP contribution in [0.4, 0.5) is 0 Å². The van der Waals surface area contributed by atoms with E-state index in [-0.39, 0.29) is 0 Å². The third-order valence-corrected chi connectivity index (χ3v) is 9.12. The Labute approximate surface area is 268 Å². The Hall–Kier alpha value is -6.46. The van der Waals surface area contributed by atoms with Gasteiger partial charge in [0.1, 0.15) is 11.2 Å². The number of rotatable bonds is 3.